The van der Waals surface area contributed by atoms with Gasteiger partial charge in [0.2, 0.25) is 11.0 Å². The fourth-order valence-electron chi connectivity index (χ4n) is 4.09. The van der Waals surface area contributed by atoms with Gasteiger partial charge in [-0.25, -0.2) is 0 Å². The molecule has 0 bridgehead atoms. The minimum atomic E-state index is 0.0348. The van der Waals surface area contributed by atoms with Crippen molar-refractivity contribution in [2.24, 2.45) is 0 Å². The molecule has 1 aromatic carbocycles. The highest BCUT2D eigenvalue weighted by Crippen LogP contribution is 2.29. The van der Waals surface area contributed by atoms with Crippen molar-refractivity contribution < 1.29 is 14.3 Å². The predicted octanol–water partition coefficient (Wildman–Crippen LogP) is 3.44. The maximum atomic E-state index is 12.9. The number of rotatable bonds is 8. The molecule has 2 aromatic rings. The summed E-state index contributed by atoms with van der Waals surface area (Å²) in [6.45, 7) is 6.64. The fourth-order valence-corrected chi connectivity index (χ4v) is 5.79. The number of carbonyl (C=O) groups is 2. The predicted molar refractivity (Wildman–Crippen MR) is 131 cm³/mol. The van der Waals surface area contributed by atoms with Crippen molar-refractivity contribution in [3.8, 4) is 5.75 Å². The number of nitrogens with one attached hydrogen (secondary N) is 1. The molecular formula is C23H31N5O3S2. The fraction of sp³-hybridized carbons (Fsp3) is 0.565. The van der Waals surface area contributed by atoms with Crippen molar-refractivity contribution >= 4 is 40.0 Å². The van der Waals surface area contributed by atoms with Gasteiger partial charge in [-0.1, -0.05) is 35.9 Å². The zero-order valence-electron chi connectivity index (χ0n) is 19.2. The number of thioether (sulfide) groups is 1. The summed E-state index contributed by atoms with van der Waals surface area (Å²) >= 11 is 2.94. The van der Waals surface area contributed by atoms with E-state index in [0.717, 1.165) is 28.1 Å². The Kier molecular flexibility index (Phi) is 8.08. The summed E-state index contributed by atoms with van der Waals surface area (Å²) in [7, 11) is 0. The number of aromatic nitrogens is 2. The summed E-state index contributed by atoms with van der Waals surface area (Å²) in [6.07, 6.45) is 4.69. The molecule has 4 rings (SSSR count). The Hall–Kier alpha value is -2.33. The van der Waals surface area contributed by atoms with Gasteiger partial charge in [0.05, 0.1) is 11.9 Å². The average molecular weight is 490 g/mol. The van der Waals surface area contributed by atoms with Gasteiger partial charge in [-0.3, -0.25) is 9.59 Å². The molecule has 178 valence electrons. The van der Waals surface area contributed by atoms with Gasteiger partial charge in [0.1, 0.15) is 5.75 Å². The van der Waals surface area contributed by atoms with Gasteiger partial charge < -0.3 is 19.9 Å². The molecule has 2 aliphatic rings. The van der Waals surface area contributed by atoms with Crippen molar-refractivity contribution in [3.63, 3.8) is 0 Å². The van der Waals surface area contributed by atoms with E-state index < -0.39 is 0 Å². The number of carbonyl (C=O) groups excluding carboxylic acids is 2. The van der Waals surface area contributed by atoms with Crippen LogP contribution in [-0.4, -0.2) is 71.0 Å². The minimum absolute atomic E-state index is 0.0348. The van der Waals surface area contributed by atoms with Crippen molar-refractivity contribution in [3.05, 3.63) is 29.8 Å². The summed E-state index contributed by atoms with van der Waals surface area (Å²) < 4.78 is 6.45. The quantitative estimate of drug-likeness (QED) is 0.568. The molecule has 1 aliphatic heterocycles. The first-order chi connectivity index (χ1) is 16.0. The van der Waals surface area contributed by atoms with Gasteiger partial charge in [-0.15, -0.1) is 10.2 Å². The lowest BCUT2D eigenvalue weighted by Crippen LogP contribution is -2.48. The van der Waals surface area contributed by atoms with E-state index in [2.05, 4.69) is 20.4 Å². The Bertz CT molecular complexity index is 936. The smallest absolute Gasteiger partial charge is 0.253 e. The summed E-state index contributed by atoms with van der Waals surface area (Å²) in [5.41, 5.74) is 0.671. The van der Waals surface area contributed by atoms with Crippen LogP contribution in [0.2, 0.25) is 0 Å². The van der Waals surface area contributed by atoms with Crippen LogP contribution in [0, 0.1) is 0 Å². The largest absolute Gasteiger partial charge is 0.491 e. The molecule has 2 amide bonds. The Morgan fingerprint density at radius 2 is 1.82 bits per heavy atom. The van der Waals surface area contributed by atoms with Crippen LogP contribution >= 0.6 is 23.1 Å². The van der Waals surface area contributed by atoms with Crippen LogP contribution in [0.3, 0.4) is 0 Å². The number of amides is 2. The van der Waals surface area contributed by atoms with E-state index in [1.807, 2.05) is 43.0 Å². The maximum absolute atomic E-state index is 12.9. The molecule has 0 atom stereocenters. The van der Waals surface area contributed by atoms with Gasteiger partial charge in [0.15, 0.2) is 4.34 Å². The van der Waals surface area contributed by atoms with Crippen LogP contribution in [0.25, 0.3) is 0 Å². The van der Waals surface area contributed by atoms with Crippen molar-refractivity contribution in [1.82, 2.24) is 20.4 Å². The molecule has 0 radical (unpaired) electrons. The Morgan fingerprint density at radius 3 is 2.48 bits per heavy atom. The van der Waals surface area contributed by atoms with Crippen LogP contribution in [0.4, 0.5) is 5.13 Å². The van der Waals surface area contributed by atoms with E-state index in [1.54, 1.807) is 0 Å². The SMILES string of the molecule is CC(C)Oc1ccc(C(=O)N2CCN(c3nnc(SCC(=O)NC4CCCC4)s3)CC2)cc1. The van der Waals surface area contributed by atoms with Gasteiger partial charge in [0, 0.05) is 37.8 Å². The average Bonchev–Trinajstić information content (AvgIpc) is 3.50. The first-order valence-electron chi connectivity index (χ1n) is 11.5. The van der Waals surface area contributed by atoms with Crippen molar-refractivity contribution in [2.75, 3.05) is 36.8 Å². The third-order valence-corrected chi connectivity index (χ3v) is 7.87. The normalized spacial score (nSPS) is 16.9. The molecule has 1 aromatic heterocycles. The second kappa shape index (κ2) is 11.2. The number of piperazine rings is 1. The van der Waals surface area contributed by atoms with E-state index in [0.29, 0.717) is 43.5 Å². The van der Waals surface area contributed by atoms with Crippen LogP contribution in [-0.2, 0) is 4.79 Å². The van der Waals surface area contributed by atoms with Crippen molar-refractivity contribution in [2.45, 2.75) is 56.0 Å². The standard InChI is InChI=1S/C23H31N5O3S2/c1-16(2)31-19-9-7-17(8-10-19)21(30)27-11-13-28(14-12-27)22-25-26-23(33-22)32-15-20(29)24-18-5-3-4-6-18/h7-10,16,18H,3-6,11-15H2,1-2H3,(H,24,29). The highest BCUT2D eigenvalue weighted by Gasteiger charge is 2.24. The van der Waals surface area contributed by atoms with E-state index in [9.17, 15) is 9.59 Å². The van der Waals surface area contributed by atoms with Gasteiger partial charge in [0.25, 0.3) is 5.91 Å². The van der Waals surface area contributed by atoms with Crippen molar-refractivity contribution in [1.29, 1.82) is 0 Å². The molecule has 10 heteroatoms. The van der Waals surface area contributed by atoms with Crippen LogP contribution < -0.4 is 15.0 Å². The first kappa shape index (κ1) is 23.8. The monoisotopic (exact) mass is 489 g/mol. The summed E-state index contributed by atoms with van der Waals surface area (Å²) in [5.74, 6) is 1.24. The van der Waals surface area contributed by atoms with Gasteiger partial charge >= 0.3 is 0 Å². The van der Waals surface area contributed by atoms with Gasteiger partial charge in [-0.05, 0) is 51.0 Å². The highest BCUT2D eigenvalue weighted by molar-refractivity contribution is 8.01. The molecule has 1 saturated carbocycles. The van der Waals surface area contributed by atoms with E-state index in [1.165, 1.54) is 35.9 Å². The third-order valence-electron chi connectivity index (χ3n) is 5.75. The molecule has 8 nitrogen and oxygen atoms in total. The highest BCUT2D eigenvalue weighted by atomic mass is 32.2. The number of hydrogen-bond donors (Lipinski definition) is 1. The lowest BCUT2D eigenvalue weighted by atomic mass is 10.1. The second-order valence-electron chi connectivity index (χ2n) is 8.66. The third kappa shape index (κ3) is 6.60. The molecule has 0 spiro atoms. The van der Waals surface area contributed by atoms with Crippen LogP contribution in [0.5, 0.6) is 5.75 Å². The summed E-state index contributed by atoms with van der Waals surface area (Å²) in [5, 5.41) is 12.5. The lowest BCUT2D eigenvalue weighted by Gasteiger charge is -2.34. The molecule has 1 aliphatic carbocycles. The Morgan fingerprint density at radius 1 is 1.12 bits per heavy atom. The maximum Gasteiger partial charge on any atom is 0.253 e. The topological polar surface area (TPSA) is 87.7 Å². The minimum Gasteiger partial charge on any atom is -0.491 e. The van der Waals surface area contributed by atoms with Gasteiger partial charge in [-0.2, -0.15) is 0 Å². The molecule has 0 unspecified atom stereocenters. The molecule has 1 N–H and O–H groups in total. The number of nitrogens with zero attached hydrogens (tertiary/aromatic N) is 4. The molecule has 2 fully saturated rings. The number of ether oxygens (including phenoxy) is 1. The summed E-state index contributed by atoms with van der Waals surface area (Å²) in [4.78, 5) is 29.0. The molecule has 33 heavy (non-hydrogen) atoms. The first-order valence-corrected chi connectivity index (χ1v) is 13.3. The second-order valence-corrected chi connectivity index (χ2v) is 10.8. The molecule has 2 heterocycles. The molecule has 1 saturated heterocycles. The number of anilines is 1. The van der Waals surface area contributed by atoms with E-state index in [-0.39, 0.29) is 17.9 Å². The number of hydrogen-bond acceptors (Lipinski definition) is 8. The van der Waals surface area contributed by atoms with Crippen LogP contribution in [0.1, 0.15) is 49.9 Å². The lowest BCUT2D eigenvalue weighted by molar-refractivity contribution is -0.119. The van der Waals surface area contributed by atoms with E-state index >= 15 is 0 Å². The van der Waals surface area contributed by atoms with Crippen LogP contribution in [0.15, 0.2) is 28.6 Å². The zero-order valence-corrected chi connectivity index (χ0v) is 20.8. The van der Waals surface area contributed by atoms with E-state index in [4.69, 9.17) is 4.74 Å². The Labute approximate surface area is 203 Å². The number of benzene rings is 1. The Balaban J connectivity index is 1.23. The zero-order chi connectivity index (χ0) is 23.2. The summed E-state index contributed by atoms with van der Waals surface area (Å²) in [6, 6.07) is 7.68. The molecular weight excluding hydrogens is 458 g/mol.